The van der Waals surface area contributed by atoms with E-state index in [9.17, 15) is 12.8 Å². The van der Waals surface area contributed by atoms with E-state index in [0.717, 1.165) is 67.4 Å². The van der Waals surface area contributed by atoms with Crippen molar-refractivity contribution < 1.29 is 12.8 Å². The van der Waals surface area contributed by atoms with Crippen LogP contribution in [0.3, 0.4) is 0 Å². The Morgan fingerprint density at radius 1 is 1.09 bits per heavy atom. The van der Waals surface area contributed by atoms with Crippen molar-refractivity contribution in [3.8, 4) is 0 Å². The number of aromatic nitrogens is 5. The smallest absolute Gasteiger partial charge is 0.225 e. The molecular weight excluding hydrogens is 469 g/mol. The fourth-order valence-electron chi connectivity index (χ4n) is 4.41. The van der Waals surface area contributed by atoms with Gasteiger partial charge in [-0.25, -0.2) is 32.7 Å². The van der Waals surface area contributed by atoms with E-state index in [1.54, 1.807) is 12.5 Å². The molecule has 3 aromatic heterocycles. The van der Waals surface area contributed by atoms with Crippen LogP contribution >= 0.6 is 0 Å². The molecule has 1 aliphatic heterocycles. The SMILES string of the molecule is CCc1cnc(N2CCC(c3ncn4c(Nc5ccc(S(C)(=O)=O)c(F)c5)nccc34)CC2)nc1. The maximum Gasteiger partial charge on any atom is 0.225 e. The van der Waals surface area contributed by atoms with Crippen LogP contribution in [0.25, 0.3) is 5.52 Å². The number of piperidine rings is 1. The average Bonchev–Trinajstić information content (AvgIpc) is 3.29. The van der Waals surface area contributed by atoms with Crippen molar-refractivity contribution in [2.45, 2.75) is 37.0 Å². The predicted molar refractivity (Wildman–Crippen MR) is 131 cm³/mol. The molecule has 0 radical (unpaired) electrons. The van der Waals surface area contributed by atoms with Gasteiger partial charge in [-0.05, 0) is 49.1 Å². The van der Waals surface area contributed by atoms with Gasteiger partial charge in [-0.1, -0.05) is 6.92 Å². The lowest BCUT2D eigenvalue weighted by Gasteiger charge is -2.31. The molecule has 11 heteroatoms. The summed E-state index contributed by atoms with van der Waals surface area (Å²) in [5.41, 5.74) is 3.45. The molecule has 4 aromatic rings. The summed E-state index contributed by atoms with van der Waals surface area (Å²) in [6.07, 6.45) is 10.9. The molecule has 0 amide bonds. The van der Waals surface area contributed by atoms with E-state index in [2.05, 4.69) is 37.1 Å². The number of halogens is 1. The number of hydrogen-bond acceptors (Lipinski definition) is 8. The molecule has 1 saturated heterocycles. The van der Waals surface area contributed by atoms with Crippen molar-refractivity contribution in [2.24, 2.45) is 0 Å². The number of sulfone groups is 1. The Kier molecular flexibility index (Phi) is 6.10. The van der Waals surface area contributed by atoms with Crippen molar-refractivity contribution in [2.75, 3.05) is 29.6 Å². The summed E-state index contributed by atoms with van der Waals surface area (Å²) >= 11 is 0. The Morgan fingerprint density at radius 3 is 2.49 bits per heavy atom. The van der Waals surface area contributed by atoms with Gasteiger partial charge in [-0.3, -0.25) is 4.40 Å². The molecule has 0 aliphatic carbocycles. The van der Waals surface area contributed by atoms with E-state index >= 15 is 0 Å². The maximum absolute atomic E-state index is 14.3. The Balaban J connectivity index is 1.33. The largest absolute Gasteiger partial charge is 0.341 e. The van der Waals surface area contributed by atoms with Gasteiger partial charge in [0.05, 0.1) is 11.2 Å². The number of anilines is 3. The van der Waals surface area contributed by atoms with Crippen LogP contribution < -0.4 is 10.2 Å². The quantitative estimate of drug-likeness (QED) is 0.431. The molecule has 9 nitrogen and oxygen atoms in total. The topological polar surface area (TPSA) is 105 Å². The van der Waals surface area contributed by atoms with Crippen LogP contribution in [0, 0.1) is 5.82 Å². The zero-order valence-corrected chi connectivity index (χ0v) is 20.3. The third kappa shape index (κ3) is 4.68. The Morgan fingerprint density at radius 2 is 1.83 bits per heavy atom. The van der Waals surface area contributed by atoms with E-state index in [0.29, 0.717) is 11.6 Å². The molecule has 1 fully saturated rings. The molecule has 1 aliphatic rings. The molecule has 0 saturated carbocycles. The lowest BCUT2D eigenvalue weighted by Crippen LogP contribution is -2.34. The van der Waals surface area contributed by atoms with E-state index in [1.807, 2.05) is 22.9 Å². The van der Waals surface area contributed by atoms with Crippen LogP contribution in [-0.4, -0.2) is 52.1 Å². The Hall–Kier alpha value is -3.60. The van der Waals surface area contributed by atoms with Gasteiger partial charge in [0.15, 0.2) is 9.84 Å². The summed E-state index contributed by atoms with van der Waals surface area (Å²) in [5, 5.41) is 3.07. The summed E-state index contributed by atoms with van der Waals surface area (Å²) in [6, 6.07) is 5.84. The van der Waals surface area contributed by atoms with Gasteiger partial charge in [0.2, 0.25) is 11.9 Å². The number of fused-ring (bicyclic) bond motifs is 1. The summed E-state index contributed by atoms with van der Waals surface area (Å²) in [7, 11) is -3.64. The summed E-state index contributed by atoms with van der Waals surface area (Å²) in [4.78, 5) is 19.9. The van der Waals surface area contributed by atoms with Gasteiger partial charge in [0.25, 0.3) is 0 Å². The van der Waals surface area contributed by atoms with Crippen molar-refractivity contribution in [1.82, 2.24) is 24.3 Å². The summed E-state index contributed by atoms with van der Waals surface area (Å²) < 4.78 is 39.5. The minimum atomic E-state index is -3.64. The van der Waals surface area contributed by atoms with Crippen molar-refractivity contribution in [3.63, 3.8) is 0 Å². The molecule has 5 rings (SSSR count). The summed E-state index contributed by atoms with van der Waals surface area (Å²) in [6.45, 7) is 3.77. The minimum absolute atomic E-state index is 0.285. The van der Waals surface area contributed by atoms with Crippen LogP contribution in [0.2, 0.25) is 0 Å². The number of benzene rings is 1. The molecule has 0 spiro atoms. The second-order valence-electron chi connectivity index (χ2n) is 8.70. The Labute approximate surface area is 203 Å². The predicted octanol–water partition coefficient (Wildman–Crippen LogP) is 3.75. The van der Waals surface area contributed by atoms with Crippen molar-refractivity contribution >= 4 is 32.9 Å². The molecule has 4 heterocycles. The van der Waals surface area contributed by atoms with Gasteiger partial charge in [0, 0.05) is 49.5 Å². The molecule has 0 atom stereocenters. The summed E-state index contributed by atoms with van der Waals surface area (Å²) in [5.74, 6) is 0.707. The minimum Gasteiger partial charge on any atom is -0.341 e. The molecule has 0 bridgehead atoms. The lowest BCUT2D eigenvalue weighted by atomic mass is 9.93. The number of nitrogens with zero attached hydrogens (tertiary/aromatic N) is 6. The van der Waals surface area contributed by atoms with Crippen LogP contribution in [0.1, 0.15) is 36.9 Å². The zero-order valence-electron chi connectivity index (χ0n) is 19.5. The Bertz CT molecular complexity index is 1460. The number of aryl methyl sites for hydroxylation is 1. The average molecular weight is 496 g/mol. The highest BCUT2D eigenvalue weighted by Crippen LogP contribution is 2.32. The number of rotatable bonds is 6. The molecule has 1 aromatic carbocycles. The van der Waals surface area contributed by atoms with E-state index in [-0.39, 0.29) is 10.8 Å². The van der Waals surface area contributed by atoms with Gasteiger partial charge >= 0.3 is 0 Å². The fourth-order valence-corrected chi connectivity index (χ4v) is 5.14. The van der Waals surface area contributed by atoms with Gasteiger partial charge in [0.1, 0.15) is 17.0 Å². The standard InChI is InChI=1S/C24H26FN7O2S/c1-3-16-13-27-23(28-14-16)31-10-7-17(8-11-31)22-20-6-9-26-24(32(20)15-29-22)30-18-4-5-21(19(25)12-18)35(2,33)34/h4-6,9,12-15,17H,3,7-8,10-11H2,1-2H3,(H,26,30). The second kappa shape index (κ2) is 9.21. The fraction of sp³-hybridized carbons (Fsp3) is 0.333. The van der Waals surface area contributed by atoms with Gasteiger partial charge < -0.3 is 10.2 Å². The van der Waals surface area contributed by atoms with Crippen LogP contribution in [0.15, 0.2) is 54.1 Å². The van der Waals surface area contributed by atoms with Crippen molar-refractivity contribution in [3.05, 3.63) is 66.3 Å². The van der Waals surface area contributed by atoms with E-state index in [1.165, 1.54) is 12.1 Å². The molecule has 182 valence electrons. The van der Waals surface area contributed by atoms with Crippen LogP contribution in [-0.2, 0) is 16.3 Å². The first-order chi connectivity index (χ1) is 16.8. The highest BCUT2D eigenvalue weighted by atomic mass is 32.2. The van der Waals surface area contributed by atoms with E-state index in [4.69, 9.17) is 0 Å². The molecule has 1 N–H and O–H groups in total. The number of imidazole rings is 1. The lowest BCUT2D eigenvalue weighted by molar-refractivity contribution is 0.494. The highest BCUT2D eigenvalue weighted by molar-refractivity contribution is 7.90. The maximum atomic E-state index is 14.3. The third-order valence-electron chi connectivity index (χ3n) is 6.34. The third-order valence-corrected chi connectivity index (χ3v) is 7.47. The first-order valence-corrected chi connectivity index (χ1v) is 13.4. The second-order valence-corrected chi connectivity index (χ2v) is 10.7. The number of nitrogens with one attached hydrogen (secondary N) is 1. The van der Waals surface area contributed by atoms with Crippen LogP contribution in [0.4, 0.5) is 22.0 Å². The normalized spacial score (nSPS) is 15.0. The van der Waals surface area contributed by atoms with Gasteiger partial charge in [-0.2, -0.15) is 0 Å². The molecular formula is C24H26FN7O2S. The highest BCUT2D eigenvalue weighted by Gasteiger charge is 2.25. The molecule has 35 heavy (non-hydrogen) atoms. The number of hydrogen-bond donors (Lipinski definition) is 1. The first kappa shape index (κ1) is 23.2. The zero-order chi connectivity index (χ0) is 24.6. The van der Waals surface area contributed by atoms with E-state index < -0.39 is 15.7 Å². The molecule has 0 unspecified atom stereocenters. The monoisotopic (exact) mass is 495 g/mol. The van der Waals surface area contributed by atoms with Crippen molar-refractivity contribution in [1.29, 1.82) is 0 Å². The first-order valence-electron chi connectivity index (χ1n) is 11.5. The van der Waals surface area contributed by atoms with Crippen LogP contribution in [0.5, 0.6) is 0 Å². The van der Waals surface area contributed by atoms with Gasteiger partial charge in [-0.15, -0.1) is 0 Å².